The number of sulfonamides is 1. The van der Waals surface area contributed by atoms with E-state index in [4.69, 9.17) is 4.74 Å². The second-order valence-electron chi connectivity index (χ2n) is 4.72. The average Bonchev–Trinajstić information content (AvgIpc) is 2.06. The molecule has 0 amide bonds. The van der Waals surface area contributed by atoms with E-state index in [1.54, 1.807) is 0 Å². The molecule has 0 aromatic rings. The van der Waals surface area contributed by atoms with Crippen LogP contribution in [0.4, 0.5) is 0 Å². The molecule has 90 valence electrons. The van der Waals surface area contributed by atoms with Crippen LogP contribution in [0, 0.1) is 0 Å². The molecule has 15 heavy (non-hydrogen) atoms. The molecule has 0 aromatic heterocycles. The van der Waals surface area contributed by atoms with Gasteiger partial charge < -0.3 is 10.1 Å². The lowest BCUT2D eigenvalue weighted by molar-refractivity contribution is -0.111. The van der Waals surface area contributed by atoms with Crippen LogP contribution in [0.25, 0.3) is 0 Å². The predicted octanol–water partition coefficient (Wildman–Crippen LogP) is -0.307. The van der Waals surface area contributed by atoms with Gasteiger partial charge in [0.2, 0.25) is 10.0 Å². The number of hydrogen-bond acceptors (Lipinski definition) is 4. The van der Waals surface area contributed by atoms with E-state index in [9.17, 15) is 8.42 Å². The van der Waals surface area contributed by atoms with E-state index in [0.29, 0.717) is 6.61 Å². The topological polar surface area (TPSA) is 67.4 Å². The maximum atomic E-state index is 11.0. The summed E-state index contributed by atoms with van der Waals surface area (Å²) in [6.45, 7) is 7.61. The van der Waals surface area contributed by atoms with Crippen molar-refractivity contribution in [3.05, 3.63) is 0 Å². The van der Waals surface area contributed by atoms with Gasteiger partial charge in [0.05, 0.1) is 18.5 Å². The number of rotatable bonds is 3. The predicted molar refractivity (Wildman–Crippen MR) is 59.3 cm³/mol. The Morgan fingerprint density at radius 2 is 2.00 bits per heavy atom. The van der Waals surface area contributed by atoms with Crippen LogP contribution in [-0.4, -0.2) is 45.5 Å². The van der Waals surface area contributed by atoms with Crippen LogP contribution >= 0.6 is 0 Å². The summed E-state index contributed by atoms with van der Waals surface area (Å²) >= 11 is 0. The van der Waals surface area contributed by atoms with Gasteiger partial charge in [0.15, 0.2) is 0 Å². The second kappa shape index (κ2) is 4.01. The summed E-state index contributed by atoms with van der Waals surface area (Å²) in [4.78, 5) is 0. The average molecular weight is 236 g/mol. The maximum absolute atomic E-state index is 11.0. The summed E-state index contributed by atoms with van der Waals surface area (Å²) < 4.78 is 30.3. The molecule has 1 aliphatic rings. The second-order valence-corrected chi connectivity index (χ2v) is 6.56. The fraction of sp³-hybridized carbons (Fsp3) is 1.00. The van der Waals surface area contributed by atoms with E-state index in [-0.39, 0.29) is 12.1 Å². The normalized spacial score (nSPS) is 31.5. The fourth-order valence-electron chi connectivity index (χ4n) is 1.55. The monoisotopic (exact) mass is 236 g/mol. The minimum absolute atomic E-state index is 0.247. The molecule has 0 saturated carbocycles. The molecule has 0 radical (unpaired) electrons. The third kappa shape index (κ3) is 3.14. The van der Waals surface area contributed by atoms with Crippen LogP contribution in [-0.2, 0) is 14.8 Å². The van der Waals surface area contributed by atoms with Crippen LogP contribution in [0.5, 0.6) is 0 Å². The molecule has 2 N–H and O–H groups in total. The first-order chi connectivity index (χ1) is 6.66. The van der Waals surface area contributed by atoms with E-state index in [1.165, 1.54) is 0 Å². The molecule has 1 aliphatic heterocycles. The van der Waals surface area contributed by atoms with Gasteiger partial charge in [-0.2, -0.15) is 0 Å². The quantitative estimate of drug-likeness (QED) is 0.705. The first-order valence-corrected chi connectivity index (χ1v) is 6.89. The number of hydrogen-bond donors (Lipinski definition) is 2. The number of nitrogens with one attached hydrogen (secondary N) is 2. The van der Waals surface area contributed by atoms with E-state index in [1.807, 2.05) is 20.8 Å². The Kier molecular flexibility index (Phi) is 3.45. The van der Waals surface area contributed by atoms with Crippen LogP contribution in [0.3, 0.4) is 0 Å². The molecule has 1 fully saturated rings. The van der Waals surface area contributed by atoms with E-state index < -0.39 is 15.6 Å². The highest BCUT2D eigenvalue weighted by atomic mass is 32.2. The van der Waals surface area contributed by atoms with Crippen LogP contribution in [0.15, 0.2) is 0 Å². The van der Waals surface area contributed by atoms with Gasteiger partial charge in [0.1, 0.15) is 0 Å². The van der Waals surface area contributed by atoms with Crippen molar-refractivity contribution in [2.24, 2.45) is 0 Å². The molecule has 0 spiro atoms. The largest absolute Gasteiger partial charge is 0.371 e. The van der Waals surface area contributed by atoms with Gasteiger partial charge in [-0.3, -0.25) is 0 Å². The lowest BCUT2D eigenvalue weighted by atomic mass is 9.83. The van der Waals surface area contributed by atoms with Crippen LogP contribution < -0.4 is 10.0 Å². The van der Waals surface area contributed by atoms with Gasteiger partial charge >= 0.3 is 0 Å². The first kappa shape index (κ1) is 12.9. The molecular weight excluding hydrogens is 216 g/mol. The van der Waals surface area contributed by atoms with Gasteiger partial charge in [0.25, 0.3) is 0 Å². The highest BCUT2D eigenvalue weighted by molar-refractivity contribution is 7.88. The van der Waals surface area contributed by atoms with Crippen LogP contribution in [0.2, 0.25) is 0 Å². The van der Waals surface area contributed by atoms with Gasteiger partial charge in [-0.05, 0) is 20.8 Å². The minimum Gasteiger partial charge on any atom is -0.371 e. The molecule has 0 aromatic carbocycles. The summed E-state index contributed by atoms with van der Waals surface area (Å²) in [6.07, 6.45) is 1.15. The van der Waals surface area contributed by atoms with Crippen molar-refractivity contribution in [3.63, 3.8) is 0 Å². The van der Waals surface area contributed by atoms with Gasteiger partial charge in [-0.15, -0.1) is 0 Å². The molecule has 5 nitrogen and oxygen atoms in total. The Labute approximate surface area is 91.6 Å². The molecule has 6 heteroatoms. The Morgan fingerprint density at radius 1 is 1.40 bits per heavy atom. The summed E-state index contributed by atoms with van der Waals surface area (Å²) in [5.41, 5.74) is -0.767. The highest BCUT2D eigenvalue weighted by Crippen LogP contribution is 2.27. The van der Waals surface area contributed by atoms with Crippen molar-refractivity contribution in [2.45, 2.75) is 31.9 Å². The highest BCUT2D eigenvalue weighted by Gasteiger charge is 2.44. The Hall–Kier alpha value is -0.170. The summed E-state index contributed by atoms with van der Waals surface area (Å²) in [7, 11) is -3.17. The van der Waals surface area contributed by atoms with Crippen molar-refractivity contribution in [2.75, 3.05) is 26.0 Å². The third-order valence-electron chi connectivity index (χ3n) is 3.08. The van der Waals surface area contributed by atoms with Crippen molar-refractivity contribution in [1.29, 1.82) is 0 Å². The first-order valence-electron chi connectivity index (χ1n) is 5.00. The van der Waals surface area contributed by atoms with Gasteiger partial charge in [-0.25, -0.2) is 13.1 Å². The minimum atomic E-state index is -3.17. The fourth-order valence-corrected chi connectivity index (χ4v) is 2.09. The molecule has 1 heterocycles. The number of ether oxygens (including phenoxy) is 1. The summed E-state index contributed by atoms with van der Waals surface area (Å²) in [5.74, 6) is 0. The van der Waals surface area contributed by atoms with Crippen molar-refractivity contribution in [3.8, 4) is 0 Å². The van der Waals surface area contributed by atoms with Gasteiger partial charge in [0, 0.05) is 18.6 Å². The zero-order valence-electron chi connectivity index (χ0n) is 9.75. The van der Waals surface area contributed by atoms with E-state index in [0.717, 1.165) is 12.8 Å². The SMILES string of the molecule is CC1(C)NCCOC1(C)CNS(C)(=O)=O. The van der Waals surface area contributed by atoms with Crippen molar-refractivity contribution >= 4 is 10.0 Å². The zero-order valence-corrected chi connectivity index (χ0v) is 10.6. The summed E-state index contributed by atoms with van der Waals surface area (Å²) in [5, 5.41) is 3.33. The molecule has 1 saturated heterocycles. The standard InChI is InChI=1S/C9H20N2O3S/c1-8(2)9(3,14-6-5-10-8)7-11-15(4,12)13/h10-11H,5-7H2,1-4H3. The lowest BCUT2D eigenvalue weighted by Gasteiger charge is -2.48. The zero-order chi connectivity index (χ0) is 11.7. The molecule has 1 unspecified atom stereocenters. The Bertz CT molecular complexity index is 326. The molecule has 0 aliphatic carbocycles. The Morgan fingerprint density at radius 3 is 2.47 bits per heavy atom. The van der Waals surface area contributed by atoms with Crippen LogP contribution in [0.1, 0.15) is 20.8 Å². The van der Waals surface area contributed by atoms with Gasteiger partial charge in [-0.1, -0.05) is 0 Å². The van der Waals surface area contributed by atoms with E-state index >= 15 is 0 Å². The van der Waals surface area contributed by atoms with E-state index in [2.05, 4.69) is 10.0 Å². The molecular formula is C9H20N2O3S. The molecule has 0 bridgehead atoms. The summed E-state index contributed by atoms with van der Waals surface area (Å²) in [6, 6.07) is 0. The Balaban J connectivity index is 2.71. The number of morpholine rings is 1. The molecule has 1 rings (SSSR count). The van der Waals surface area contributed by atoms with Crippen molar-refractivity contribution in [1.82, 2.24) is 10.0 Å². The smallest absolute Gasteiger partial charge is 0.208 e. The third-order valence-corrected chi connectivity index (χ3v) is 3.75. The molecule has 1 atom stereocenters. The maximum Gasteiger partial charge on any atom is 0.208 e. The lowest BCUT2D eigenvalue weighted by Crippen LogP contribution is -2.67. The van der Waals surface area contributed by atoms with Crippen molar-refractivity contribution < 1.29 is 13.2 Å².